The largest absolute Gasteiger partial charge is 0.481 e. The predicted octanol–water partition coefficient (Wildman–Crippen LogP) is 4.42. The van der Waals surface area contributed by atoms with Gasteiger partial charge < -0.3 is 40.3 Å². The molecule has 59 heavy (non-hydrogen) atoms. The lowest BCUT2D eigenvalue weighted by molar-refractivity contribution is -0.149. The first kappa shape index (κ1) is 51.3. The summed E-state index contributed by atoms with van der Waals surface area (Å²) in [5.74, 6) is -5.03. The number of hydrogen-bond donors (Lipinski definition) is 3. The number of benzene rings is 1. The van der Waals surface area contributed by atoms with Crippen molar-refractivity contribution >= 4 is 35.4 Å². The molecule has 1 aliphatic rings. The number of aliphatic carboxylic acids is 1. The van der Waals surface area contributed by atoms with Crippen molar-refractivity contribution in [3.05, 3.63) is 35.9 Å². The van der Waals surface area contributed by atoms with Crippen molar-refractivity contribution in [3.8, 4) is 0 Å². The van der Waals surface area contributed by atoms with Crippen LogP contribution in [0, 0.1) is 35.5 Å². The maximum absolute atomic E-state index is 14.5. The molecule has 1 aliphatic heterocycles. The molecule has 0 spiro atoms. The van der Waals surface area contributed by atoms with Gasteiger partial charge in [0.1, 0.15) is 17.9 Å². The maximum atomic E-state index is 14.5. The van der Waals surface area contributed by atoms with Crippen LogP contribution in [0.5, 0.6) is 0 Å². The number of rotatable bonds is 24. The Balaban J connectivity index is 2.31. The number of carbonyl (C=O) groups excluding carboxylic acids is 5. The van der Waals surface area contributed by atoms with Gasteiger partial charge in [-0.05, 0) is 48.5 Å². The van der Waals surface area contributed by atoms with E-state index in [1.165, 1.54) is 19.1 Å². The Morgan fingerprint density at radius 3 is 1.97 bits per heavy atom. The summed E-state index contributed by atoms with van der Waals surface area (Å²) >= 11 is 0. The van der Waals surface area contributed by atoms with Crippen LogP contribution in [0.4, 0.5) is 0 Å². The number of nitrogens with one attached hydrogen (secondary N) is 1. The van der Waals surface area contributed by atoms with Crippen LogP contribution in [0.2, 0.25) is 0 Å². The summed E-state index contributed by atoms with van der Waals surface area (Å²) in [6, 6.07) is 5.66. The van der Waals surface area contributed by atoms with Crippen molar-refractivity contribution in [1.29, 1.82) is 0 Å². The molecule has 0 bridgehead atoms. The van der Waals surface area contributed by atoms with Crippen LogP contribution in [-0.4, -0.2) is 132 Å². The number of hydrogen-bond acceptors (Lipinski definition) is 9. The lowest BCUT2D eigenvalue weighted by Crippen LogP contribution is -2.61. The minimum Gasteiger partial charge on any atom is -0.481 e. The average molecular weight is 830 g/mol. The van der Waals surface area contributed by atoms with Gasteiger partial charge in [0.25, 0.3) is 0 Å². The van der Waals surface area contributed by atoms with Gasteiger partial charge in [0.2, 0.25) is 23.6 Å². The van der Waals surface area contributed by atoms with Crippen molar-refractivity contribution in [2.75, 3.05) is 34.9 Å². The second kappa shape index (κ2) is 23.8. The monoisotopic (exact) mass is 830 g/mol. The molecule has 0 radical (unpaired) electrons. The fourth-order valence-corrected chi connectivity index (χ4v) is 8.47. The number of amides is 4. The summed E-state index contributed by atoms with van der Waals surface area (Å²) in [6.45, 7) is 17.2. The zero-order valence-corrected chi connectivity index (χ0v) is 38.0. The third kappa shape index (κ3) is 13.6. The number of likely N-dealkylation sites (N-methyl/N-ethyl adjacent to an activating group) is 2. The first-order valence-corrected chi connectivity index (χ1v) is 21.4. The summed E-state index contributed by atoms with van der Waals surface area (Å²) < 4.78 is 11.9. The first-order chi connectivity index (χ1) is 27.6. The van der Waals surface area contributed by atoms with E-state index in [2.05, 4.69) is 5.32 Å². The maximum Gasteiger partial charge on any atom is 0.307 e. The molecule has 1 saturated heterocycles. The van der Waals surface area contributed by atoms with Crippen LogP contribution >= 0.6 is 0 Å². The standard InChI is InChI=1S/C45H75N5O9/c1-14-29(8)40(49(11)44(55)38(27(4)5)47-42(53)39(28(6)7)48(10)43(54)37(46)26(2)3)35(58-12)25-36(52)50-22-18-21-33(50)41(59-13)30(9)34(51)24-32(45(56)57)23-31-19-16-15-17-20-31/h15-17,19-20,26-30,32-33,35,37-41H,14,18,21-25,46H2,1-13H3,(H,47,53)(H,56,57)/t29-,30-,32+,33-,35+,37+,38-,39-,40-,41+/m0/s1. The highest BCUT2D eigenvalue weighted by atomic mass is 16.5. The lowest BCUT2D eigenvalue weighted by Gasteiger charge is -2.41. The van der Waals surface area contributed by atoms with E-state index in [0.717, 1.165) is 5.56 Å². The fourth-order valence-electron chi connectivity index (χ4n) is 8.47. The molecule has 0 aliphatic carbocycles. The number of nitrogens with two attached hydrogens (primary N) is 1. The SMILES string of the molecule is CC[C@H](C)[C@@H]([C@@H](CC(=O)N1CCC[C@H]1[C@H](OC)[C@@H](C)C(=O)C[C@@H](Cc1ccccc1)C(=O)O)OC)N(C)C(=O)[C@@H](NC(=O)[C@H](C(C)C)N(C)C(=O)[C@H](N)C(C)C)C(C)C. The third-order valence-corrected chi connectivity index (χ3v) is 12.4. The van der Waals surface area contributed by atoms with Crippen molar-refractivity contribution in [2.45, 2.75) is 143 Å². The van der Waals surface area contributed by atoms with E-state index < -0.39 is 66.1 Å². The molecule has 14 nitrogen and oxygen atoms in total. The van der Waals surface area contributed by atoms with Crippen LogP contribution in [0.3, 0.4) is 0 Å². The molecule has 10 atom stereocenters. The smallest absolute Gasteiger partial charge is 0.307 e. The number of likely N-dealkylation sites (tertiary alicyclic amines) is 1. The van der Waals surface area contributed by atoms with Gasteiger partial charge in [-0.2, -0.15) is 0 Å². The van der Waals surface area contributed by atoms with Gasteiger partial charge in [0.05, 0.1) is 42.7 Å². The van der Waals surface area contributed by atoms with Crippen LogP contribution in [0.15, 0.2) is 30.3 Å². The molecule has 1 fully saturated rings. The van der Waals surface area contributed by atoms with Gasteiger partial charge in [0, 0.05) is 47.2 Å². The Morgan fingerprint density at radius 2 is 1.47 bits per heavy atom. The van der Waals surface area contributed by atoms with Crippen molar-refractivity contribution in [2.24, 2.45) is 41.2 Å². The second-order valence-electron chi connectivity index (χ2n) is 17.6. The molecule has 0 unspecified atom stereocenters. The van der Waals surface area contributed by atoms with Crippen LogP contribution < -0.4 is 11.1 Å². The zero-order valence-electron chi connectivity index (χ0n) is 38.0. The molecule has 0 saturated carbocycles. The van der Waals surface area contributed by atoms with E-state index in [1.54, 1.807) is 30.8 Å². The molecular weight excluding hydrogens is 755 g/mol. The van der Waals surface area contributed by atoms with Crippen molar-refractivity contribution in [1.82, 2.24) is 20.0 Å². The van der Waals surface area contributed by atoms with E-state index in [4.69, 9.17) is 15.2 Å². The van der Waals surface area contributed by atoms with E-state index in [0.29, 0.717) is 25.8 Å². The number of ether oxygens (including phenoxy) is 2. The third-order valence-electron chi connectivity index (χ3n) is 12.4. The summed E-state index contributed by atoms with van der Waals surface area (Å²) in [4.78, 5) is 86.4. The Kier molecular flexibility index (Phi) is 20.7. The first-order valence-electron chi connectivity index (χ1n) is 21.4. The topological polar surface area (TPSA) is 189 Å². The Hall–Kier alpha value is -3.88. The highest BCUT2D eigenvalue weighted by Crippen LogP contribution is 2.31. The van der Waals surface area contributed by atoms with Crippen LogP contribution in [0.25, 0.3) is 0 Å². The van der Waals surface area contributed by atoms with Crippen molar-refractivity contribution in [3.63, 3.8) is 0 Å². The molecule has 0 aromatic heterocycles. The summed E-state index contributed by atoms with van der Waals surface area (Å²) in [6.07, 6.45) is 0.626. The number of carbonyl (C=O) groups is 6. The second-order valence-corrected chi connectivity index (χ2v) is 17.6. The minimum absolute atomic E-state index is 0.0479. The van der Waals surface area contributed by atoms with Gasteiger partial charge in [-0.3, -0.25) is 28.8 Å². The van der Waals surface area contributed by atoms with Crippen LogP contribution in [-0.2, 0) is 44.7 Å². The number of ketones is 1. The van der Waals surface area contributed by atoms with E-state index in [1.807, 2.05) is 85.7 Å². The molecule has 1 heterocycles. The number of methoxy groups -OCH3 is 2. The lowest BCUT2D eigenvalue weighted by atomic mass is 9.85. The molecular formula is C45H75N5O9. The summed E-state index contributed by atoms with van der Waals surface area (Å²) in [5.41, 5.74) is 7.00. The van der Waals surface area contributed by atoms with Gasteiger partial charge in [-0.1, -0.05) is 99.1 Å². The van der Waals surface area contributed by atoms with Gasteiger partial charge in [-0.15, -0.1) is 0 Å². The zero-order chi connectivity index (χ0) is 44.9. The van der Waals surface area contributed by atoms with Gasteiger partial charge in [0.15, 0.2) is 0 Å². The predicted molar refractivity (Wildman–Crippen MR) is 228 cm³/mol. The van der Waals surface area contributed by atoms with E-state index in [9.17, 15) is 33.9 Å². The molecule has 1 aromatic carbocycles. The number of Topliss-reactive ketones (excluding diaryl/α,β-unsaturated/α-hetero) is 1. The molecule has 1 aromatic rings. The van der Waals surface area contributed by atoms with Gasteiger partial charge >= 0.3 is 5.97 Å². The highest BCUT2D eigenvalue weighted by Gasteiger charge is 2.44. The van der Waals surface area contributed by atoms with Crippen molar-refractivity contribution < 1.29 is 43.3 Å². The molecule has 2 rings (SSSR count). The fraction of sp³-hybridized carbons (Fsp3) is 0.733. The van der Waals surface area contributed by atoms with E-state index >= 15 is 0 Å². The molecule has 14 heteroatoms. The molecule has 4 amide bonds. The van der Waals surface area contributed by atoms with Crippen LogP contribution in [0.1, 0.15) is 100.0 Å². The number of carboxylic acids is 1. The quantitative estimate of drug-likeness (QED) is 0.135. The Morgan fingerprint density at radius 1 is 0.864 bits per heavy atom. The number of nitrogens with zero attached hydrogens (tertiary/aromatic N) is 3. The Labute approximate surface area is 353 Å². The molecule has 334 valence electrons. The normalized spacial score (nSPS) is 19.0. The number of carboxylic acid groups (broad SMARTS) is 1. The molecule has 4 N–H and O–H groups in total. The van der Waals surface area contributed by atoms with Gasteiger partial charge in [-0.25, -0.2) is 0 Å². The Bertz CT molecular complexity index is 1540. The summed E-state index contributed by atoms with van der Waals surface area (Å²) in [5, 5.41) is 12.9. The highest BCUT2D eigenvalue weighted by molar-refractivity contribution is 5.93. The summed E-state index contributed by atoms with van der Waals surface area (Å²) in [7, 11) is 6.26. The average Bonchev–Trinajstić information content (AvgIpc) is 3.68. The minimum atomic E-state index is -1.04. The van der Waals surface area contributed by atoms with E-state index in [-0.39, 0.29) is 66.4 Å².